The van der Waals surface area contributed by atoms with Crippen LogP contribution in [0.5, 0.6) is 0 Å². The smallest absolute Gasteiger partial charge is 0.141 e. The molecule has 0 saturated heterocycles. The summed E-state index contributed by atoms with van der Waals surface area (Å²) in [6, 6.07) is 3.52. The zero-order chi connectivity index (χ0) is 13.0. The van der Waals surface area contributed by atoms with Gasteiger partial charge in [-0.1, -0.05) is 20.3 Å². The summed E-state index contributed by atoms with van der Waals surface area (Å²) in [5, 5.41) is 3.61. The molecule has 1 aliphatic carbocycles. The molecule has 1 fully saturated rings. The minimum absolute atomic E-state index is 0.245. The number of hydrogen-bond acceptors (Lipinski definition) is 2. The Kier molecular flexibility index (Phi) is 4.33. The largest absolute Gasteiger partial charge is 0.308 e. The molecule has 2 rings (SSSR count). The van der Waals surface area contributed by atoms with Gasteiger partial charge in [-0.3, -0.25) is 4.98 Å². The number of nitrogens with one attached hydrogen (secondary N) is 1. The van der Waals surface area contributed by atoms with E-state index in [1.54, 1.807) is 6.07 Å². The highest BCUT2D eigenvalue weighted by molar-refractivity contribution is 5.10. The lowest BCUT2D eigenvalue weighted by Gasteiger charge is -2.42. The first kappa shape index (κ1) is 13.5. The second-order valence-electron chi connectivity index (χ2n) is 5.45. The molecule has 3 heteroatoms. The maximum atomic E-state index is 12.9. The van der Waals surface area contributed by atoms with E-state index >= 15 is 0 Å². The number of pyridine rings is 1. The van der Waals surface area contributed by atoms with E-state index in [1.807, 2.05) is 0 Å². The van der Waals surface area contributed by atoms with E-state index in [0.29, 0.717) is 5.41 Å². The van der Waals surface area contributed by atoms with E-state index in [1.165, 1.54) is 37.9 Å². The van der Waals surface area contributed by atoms with Crippen molar-refractivity contribution in [1.29, 1.82) is 0 Å². The predicted molar refractivity (Wildman–Crippen MR) is 71.8 cm³/mol. The molecular formula is C15H23FN2. The standard InChI is InChI=1S/C15H23FN2/c1-3-13(14-7-6-12(16)10-17-14)18-11-15(4-2)8-5-9-15/h6-7,10,13,18H,3-5,8-9,11H2,1-2H3. The van der Waals surface area contributed by atoms with E-state index in [2.05, 4.69) is 24.1 Å². The topological polar surface area (TPSA) is 24.9 Å². The van der Waals surface area contributed by atoms with Crippen LogP contribution in [0.1, 0.15) is 57.7 Å². The van der Waals surface area contributed by atoms with Gasteiger partial charge in [0.15, 0.2) is 0 Å². The molecule has 100 valence electrons. The lowest BCUT2D eigenvalue weighted by Crippen LogP contribution is -2.40. The average Bonchev–Trinajstić information content (AvgIpc) is 2.35. The normalized spacial score (nSPS) is 19.3. The molecule has 1 unspecified atom stereocenters. The van der Waals surface area contributed by atoms with Gasteiger partial charge in [0.2, 0.25) is 0 Å². The van der Waals surface area contributed by atoms with Gasteiger partial charge in [-0.05, 0) is 43.2 Å². The van der Waals surface area contributed by atoms with E-state index in [9.17, 15) is 4.39 Å². The van der Waals surface area contributed by atoms with Crippen molar-refractivity contribution in [3.05, 3.63) is 29.8 Å². The maximum Gasteiger partial charge on any atom is 0.141 e. The second-order valence-corrected chi connectivity index (χ2v) is 5.45. The summed E-state index contributed by atoms with van der Waals surface area (Å²) in [5.74, 6) is -0.266. The first-order valence-electron chi connectivity index (χ1n) is 7.04. The predicted octanol–water partition coefficient (Wildman–Crippen LogP) is 3.84. The monoisotopic (exact) mass is 250 g/mol. The van der Waals surface area contributed by atoms with E-state index < -0.39 is 0 Å². The molecule has 0 amide bonds. The Hall–Kier alpha value is -0.960. The molecule has 0 bridgehead atoms. The Morgan fingerprint density at radius 1 is 1.39 bits per heavy atom. The van der Waals surface area contributed by atoms with Gasteiger partial charge in [0, 0.05) is 12.6 Å². The SMILES string of the molecule is CCC(NCC1(CC)CCC1)c1ccc(F)cn1. The van der Waals surface area contributed by atoms with Crippen LogP contribution < -0.4 is 5.32 Å². The lowest BCUT2D eigenvalue weighted by atomic mass is 9.67. The fourth-order valence-corrected chi connectivity index (χ4v) is 2.72. The molecule has 1 aromatic rings. The van der Waals surface area contributed by atoms with Crippen LogP contribution in [-0.2, 0) is 0 Å². The van der Waals surface area contributed by atoms with Crippen molar-refractivity contribution in [3.8, 4) is 0 Å². The Morgan fingerprint density at radius 2 is 2.17 bits per heavy atom. The fourth-order valence-electron chi connectivity index (χ4n) is 2.72. The minimum Gasteiger partial charge on any atom is -0.308 e. The van der Waals surface area contributed by atoms with Crippen LogP contribution in [0.15, 0.2) is 18.3 Å². The van der Waals surface area contributed by atoms with Crippen LogP contribution >= 0.6 is 0 Å². The molecule has 1 heterocycles. The third-order valence-corrected chi connectivity index (χ3v) is 4.40. The van der Waals surface area contributed by atoms with Crippen molar-refractivity contribution in [2.45, 2.75) is 52.0 Å². The molecule has 1 atom stereocenters. The molecule has 0 aliphatic heterocycles. The lowest BCUT2D eigenvalue weighted by molar-refractivity contribution is 0.118. The Morgan fingerprint density at radius 3 is 2.61 bits per heavy atom. The highest BCUT2D eigenvalue weighted by atomic mass is 19.1. The summed E-state index contributed by atoms with van der Waals surface area (Å²) in [6.45, 7) is 5.47. The van der Waals surface area contributed by atoms with Crippen molar-refractivity contribution in [3.63, 3.8) is 0 Å². The van der Waals surface area contributed by atoms with Crippen molar-refractivity contribution < 1.29 is 4.39 Å². The van der Waals surface area contributed by atoms with Gasteiger partial charge in [0.1, 0.15) is 5.82 Å². The first-order valence-corrected chi connectivity index (χ1v) is 7.04. The Labute approximate surface area is 109 Å². The van der Waals surface area contributed by atoms with Crippen molar-refractivity contribution in [2.24, 2.45) is 5.41 Å². The maximum absolute atomic E-state index is 12.9. The van der Waals surface area contributed by atoms with Gasteiger partial charge in [0.05, 0.1) is 11.9 Å². The molecule has 1 saturated carbocycles. The number of aromatic nitrogens is 1. The summed E-state index contributed by atoms with van der Waals surface area (Å²) in [5.41, 5.74) is 1.46. The van der Waals surface area contributed by atoms with Gasteiger partial charge >= 0.3 is 0 Å². The molecule has 2 nitrogen and oxygen atoms in total. The average molecular weight is 250 g/mol. The Bertz CT molecular complexity index is 365. The zero-order valence-corrected chi connectivity index (χ0v) is 11.4. The van der Waals surface area contributed by atoms with Crippen LogP contribution in [-0.4, -0.2) is 11.5 Å². The minimum atomic E-state index is -0.266. The quantitative estimate of drug-likeness (QED) is 0.829. The summed E-state index contributed by atoms with van der Waals surface area (Å²) in [4.78, 5) is 4.18. The number of hydrogen-bond donors (Lipinski definition) is 1. The van der Waals surface area contributed by atoms with Crippen LogP contribution in [0.4, 0.5) is 4.39 Å². The molecule has 0 spiro atoms. The van der Waals surface area contributed by atoms with Gasteiger partial charge in [-0.2, -0.15) is 0 Å². The molecule has 0 radical (unpaired) electrons. The van der Waals surface area contributed by atoms with Gasteiger partial charge in [0.25, 0.3) is 0 Å². The third kappa shape index (κ3) is 2.89. The highest BCUT2D eigenvalue weighted by Crippen LogP contribution is 2.43. The second kappa shape index (κ2) is 5.79. The molecule has 1 aromatic heterocycles. The zero-order valence-electron chi connectivity index (χ0n) is 11.4. The Balaban J connectivity index is 1.95. The van der Waals surface area contributed by atoms with E-state index in [-0.39, 0.29) is 11.9 Å². The number of halogens is 1. The van der Waals surface area contributed by atoms with Gasteiger partial charge in [-0.25, -0.2) is 4.39 Å². The first-order chi connectivity index (χ1) is 8.69. The van der Waals surface area contributed by atoms with Crippen LogP contribution in [0, 0.1) is 11.2 Å². The summed E-state index contributed by atoms with van der Waals surface area (Å²) in [7, 11) is 0. The van der Waals surface area contributed by atoms with Gasteiger partial charge < -0.3 is 5.32 Å². The number of rotatable bonds is 6. The van der Waals surface area contributed by atoms with Crippen LogP contribution in [0.3, 0.4) is 0 Å². The molecule has 1 N–H and O–H groups in total. The van der Waals surface area contributed by atoms with E-state index in [4.69, 9.17) is 0 Å². The number of nitrogens with zero attached hydrogens (tertiary/aromatic N) is 1. The van der Waals surface area contributed by atoms with Crippen molar-refractivity contribution >= 4 is 0 Å². The molecule has 1 aliphatic rings. The third-order valence-electron chi connectivity index (χ3n) is 4.40. The molecule has 0 aromatic carbocycles. The van der Waals surface area contributed by atoms with Crippen LogP contribution in [0.25, 0.3) is 0 Å². The highest BCUT2D eigenvalue weighted by Gasteiger charge is 2.35. The summed E-state index contributed by atoms with van der Waals surface area (Å²) < 4.78 is 12.9. The summed E-state index contributed by atoms with van der Waals surface area (Å²) >= 11 is 0. The van der Waals surface area contributed by atoms with Crippen molar-refractivity contribution in [2.75, 3.05) is 6.54 Å². The summed E-state index contributed by atoms with van der Waals surface area (Å²) in [6.07, 6.45) is 7.57. The van der Waals surface area contributed by atoms with Gasteiger partial charge in [-0.15, -0.1) is 0 Å². The van der Waals surface area contributed by atoms with Crippen molar-refractivity contribution in [1.82, 2.24) is 10.3 Å². The fraction of sp³-hybridized carbons (Fsp3) is 0.667. The van der Waals surface area contributed by atoms with Crippen LogP contribution in [0.2, 0.25) is 0 Å². The molecular weight excluding hydrogens is 227 g/mol. The van der Waals surface area contributed by atoms with E-state index in [0.717, 1.165) is 18.7 Å². The molecule has 18 heavy (non-hydrogen) atoms.